The van der Waals surface area contributed by atoms with E-state index < -0.39 is 25.1 Å². The fourth-order valence-corrected chi connectivity index (χ4v) is 12.5. The Morgan fingerprint density at radius 3 is 2.05 bits per heavy atom. The standard InChI is InChI=1S/C32H58N2O4S3/c1-10-22(8)25(12-3)27(14-5)28(15-6)26(13-4)24(11-2)18-17-19-34-41(37,38)31-21-29-30(33-16-7)20-23(9)40(35,36)32(29)39-31/h19,21-28,30,33H,10-18,20H2,1-9H3/b34-19-/t22?,23-,24?,25?,26?,27?,28?,30-/m0/s1. The molecule has 1 aliphatic heterocycles. The van der Waals surface area contributed by atoms with Crippen LogP contribution in [-0.4, -0.2) is 34.8 Å². The summed E-state index contributed by atoms with van der Waals surface area (Å²) in [5, 5.41) is 2.77. The molecule has 0 saturated carbocycles. The van der Waals surface area contributed by atoms with Crippen molar-refractivity contribution in [1.82, 2.24) is 5.32 Å². The fourth-order valence-electron chi connectivity index (χ4n) is 7.64. The van der Waals surface area contributed by atoms with Gasteiger partial charge in [-0.05, 0) is 74.3 Å². The van der Waals surface area contributed by atoms with Crippen LogP contribution >= 0.6 is 11.3 Å². The van der Waals surface area contributed by atoms with Gasteiger partial charge in [-0.15, -0.1) is 11.3 Å². The Balaban J connectivity index is 2.22. The van der Waals surface area contributed by atoms with Crippen LogP contribution in [0.4, 0.5) is 0 Å². The molecule has 41 heavy (non-hydrogen) atoms. The smallest absolute Gasteiger partial charge is 0.291 e. The monoisotopic (exact) mass is 630 g/mol. The molecule has 9 heteroatoms. The highest BCUT2D eigenvalue weighted by molar-refractivity contribution is 7.96. The summed E-state index contributed by atoms with van der Waals surface area (Å²) in [5.74, 6) is 3.97. The van der Waals surface area contributed by atoms with Gasteiger partial charge in [0.15, 0.2) is 9.84 Å². The number of thiophene rings is 1. The van der Waals surface area contributed by atoms with Gasteiger partial charge < -0.3 is 5.32 Å². The third-order valence-electron chi connectivity index (χ3n) is 10.1. The van der Waals surface area contributed by atoms with Crippen LogP contribution in [0.2, 0.25) is 0 Å². The molecule has 8 atom stereocenters. The average molecular weight is 631 g/mol. The zero-order chi connectivity index (χ0) is 31.0. The number of nitrogens with zero attached hydrogens (tertiary/aromatic N) is 1. The van der Waals surface area contributed by atoms with Gasteiger partial charge in [-0.3, -0.25) is 0 Å². The molecule has 2 rings (SSSR count). The van der Waals surface area contributed by atoms with E-state index in [1.807, 2.05) is 6.92 Å². The lowest BCUT2D eigenvalue weighted by atomic mass is 9.63. The summed E-state index contributed by atoms with van der Waals surface area (Å²) in [7, 11) is -7.50. The van der Waals surface area contributed by atoms with Crippen LogP contribution in [0.3, 0.4) is 0 Å². The third-order valence-corrected chi connectivity index (χ3v) is 15.7. The van der Waals surface area contributed by atoms with Gasteiger partial charge in [0, 0.05) is 17.8 Å². The molecule has 2 heterocycles. The highest BCUT2D eigenvalue weighted by Gasteiger charge is 2.40. The molecule has 0 spiro atoms. The molecule has 0 aromatic carbocycles. The second-order valence-electron chi connectivity index (χ2n) is 12.2. The molecule has 1 N–H and O–H groups in total. The number of rotatable bonds is 18. The zero-order valence-corrected chi connectivity index (χ0v) is 29.6. The van der Waals surface area contributed by atoms with Crippen molar-refractivity contribution in [1.29, 1.82) is 0 Å². The summed E-state index contributed by atoms with van der Waals surface area (Å²) >= 11 is 0.852. The number of hydrogen-bond donors (Lipinski definition) is 1. The highest BCUT2D eigenvalue weighted by atomic mass is 32.3. The van der Waals surface area contributed by atoms with E-state index in [9.17, 15) is 16.8 Å². The normalized spacial score (nSPS) is 23.5. The minimum atomic E-state index is -3.96. The highest BCUT2D eigenvalue weighted by Crippen LogP contribution is 2.45. The van der Waals surface area contributed by atoms with Gasteiger partial charge in [0.1, 0.15) is 8.42 Å². The Hall–Kier alpha value is -0.770. The zero-order valence-electron chi connectivity index (χ0n) is 27.1. The first kappa shape index (κ1) is 36.4. The van der Waals surface area contributed by atoms with E-state index >= 15 is 0 Å². The van der Waals surface area contributed by atoms with Crippen molar-refractivity contribution >= 4 is 37.4 Å². The molecule has 0 fully saturated rings. The van der Waals surface area contributed by atoms with Crippen LogP contribution in [-0.2, 0) is 19.9 Å². The van der Waals surface area contributed by atoms with Gasteiger partial charge >= 0.3 is 0 Å². The molecule has 1 aromatic rings. The van der Waals surface area contributed by atoms with Crippen LogP contribution in [0.25, 0.3) is 0 Å². The van der Waals surface area contributed by atoms with Crippen LogP contribution in [0.15, 0.2) is 18.9 Å². The molecule has 238 valence electrons. The number of sulfonamides is 1. The summed E-state index contributed by atoms with van der Waals surface area (Å²) in [5.41, 5.74) is 0.569. The van der Waals surface area contributed by atoms with Crippen molar-refractivity contribution in [3.63, 3.8) is 0 Å². The minimum absolute atomic E-state index is 0.0188. The Morgan fingerprint density at radius 1 is 0.951 bits per heavy atom. The quantitative estimate of drug-likeness (QED) is 0.164. The SMILES string of the molecule is CCN[C@H]1C[C@H](C)S(=O)(=O)c2sc(S(=O)(=O)/N=C\CCC(CC)C(CC)C(CC)C(CC)C(CC)C(C)CC)cc21. The third kappa shape index (κ3) is 8.45. The van der Waals surface area contributed by atoms with Crippen LogP contribution in [0, 0.1) is 35.5 Å². The number of sulfone groups is 1. The molecule has 0 amide bonds. The first-order valence-electron chi connectivity index (χ1n) is 16.3. The van der Waals surface area contributed by atoms with Gasteiger partial charge in [-0.1, -0.05) is 93.9 Å². The molecule has 1 aliphatic rings. The van der Waals surface area contributed by atoms with Crippen molar-refractivity contribution in [2.45, 2.75) is 140 Å². The number of nitrogens with one attached hydrogen (secondary N) is 1. The topological polar surface area (TPSA) is 92.7 Å². The van der Waals surface area contributed by atoms with E-state index in [0.717, 1.165) is 42.4 Å². The molecule has 0 radical (unpaired) electrons. The molecule has 0 aliphatic carbocycles. The molecule has 0 saturated heterocycles. The Bertz CT molecular complexity index is 1180. The maximum atomic E-state index is 13.2. The Kier molecular flexibility index (Phi) is 14.5. The van der Waals surface area contributed by atoms with Crippen molar-refractivity contribution in [3.05, 3.63) is 11.6 Å². The number of fused-ring (bicyclic) bond motifs is 1. The summed E-state index contributed by atoms with van der Waals surface area (Å²) < 4.78 is 56.5. The van der Waals surface area contributed by atoms with Gasteiger partial charge in [-0.25, -0.2) is 8.42 Å². The second kappa shape index (κ2) is 16.3. The van der Waals surface area contributed by atoms with E-state index in [1.165, 1.54) is 31.7 Å². The summed E-state index contributed by atoms with van der Waals surface area (Å²) in [4.78, 5) is 0. The van der Waals surface area contributed by atoms with Gasteiger partial charge in [-0.2, -0.15) is 12.8 Å². The molecular formula is C32H58N2O4S3. The molecule has 0 bridgehead atoms. The molecular weight excluding hydrogens is 573 g/mol. The van der Waals surface area contributed by atoms with E-state index in [0.29, 0.717) is 48.6 Å². The first-order chi connectivity index (χ1) is 19.4. The van der Waals surface area contributed by atoms with Crippen molar-refractivity contribution in [3.8, 4) is 0 Å². The number of hydrogen-bond acceptors (Lipinski definition) is 6. The Labute approximate surface area is 256 Å². The van der Waals surface area contributed by atoms with E-state index in [4.69, 9.17) is 0 Å². The van der Waals surface area contributed by atoms with Crippen molar-refractivity contribution in [2.24, 2.45) is 39.9 Å². The molecule has 6 nitrogen and oxygen atoms in total. The van der Waals surface area contributed by atoms with Crippen LogP contribution in [0.1, 0.15) is 132 Å². The van der Waals surface area contributed by atoms with Crippen LogP contribution < -0.4 is 5.32 Å². The maximum Gasteiger partial charge on any atom is 0.291 e. The minimum Gasteiger partial charge on any atom is -0.310 e. The average Bonchev–Trinajstić information content (AvgIpc) is 3.42. The first-order valence-corrected chi connectivity index (χ1v) is 20.1. The fraction of sp³-hybridized carbons (Fsp3) is 0.844. The van der Waals surface area contributed by atoms with Crippen molar-refractivity contribution < 1.29 is 16.8 Å². The van der Waals surface area contributed by atoms with Gasteiger partial charge in [0.05, 0.1) is 5.25 Å². The summed E-state index contributed by atoms with van der Waals surface area (Å²) in [6, 6.07) is 1.36. The van der Waals surface area contributed by atoms with Crippen molar-refractivity contribution in [2.75, 3.05) is 6.54 Å². The summed E-state index contributed by atoms with van der Waals surface area (Å²) in [6.45, 7) is 20.7. The molecule has 1 aromatic heterocycles. The maximum absolute atomic E-state index is 13.2. The van der Waals surface area contributed by atoms with Gasteiger partial charge in [0.2, 0.25) is 0 Å². The lowest BCUT2D eigenvalue weighted by Crippen LogP contribution is -2.34. The summed E-state index contributed by atoms with van der Waals surface area (Å²) in [6.07, 6.45) is 10.6. The van der Waals surface area contributed by atoms with E-state index in [-0.39, 0.29) is 14.5 Å². The lowest BCUT2D eigenvalue weighted by Gasteiger charge is -2.42. The predicted octanol–water partition coefficient (Wildman–Crippen LogP) is 8.68. The molecule has 6 unspecified atom stereocenters. The largest absolute Gasteiger partial charge is 0.310 e. The van der Waals surface area contributed by atoms with Gasteiger partial charge in [0.25, 0.3) is 10.0 Å². The second-order valence-corrected chi connectivity index (χ2v) is 17.7. The predicted molar refractivity (Wildman–Crippen MR) is 175 cm³/mol. The Morgan fingerprint density at radius 2 is 1.54 bits per heavy atom. The van der Waals surface area contributed by atoms with E-state index in [1.54, 1.807) is 13.1 Å². The lowest BCUT2D eigenvalue weighted by molar-refractivity contribution is 0.0731. The van der Waals surface area contributed by atoms with E-state index in [2.05, 4.69) is 58.2 Å². The van der Waals surface area contributed by atoms with Crippen LogP contribution in [0.5, 0.6) is 0 Å².